The average Bonchev–Trinajstić information content (AvgIpc) is 3.13. The Bertz CT molecular complexity index is 1260. The number of ether oxygens (including phenoxy) is 1. The van der Waals surface area contributed by atoms with E-state index in [1.165, 1.54) is 32.7 Å². The smallest absolute Gasteiger partial charge is 0.238 e. The number of benzene rings is 3. The average molecular weight is 438 g/mol. The number of imide groups is 1. The van der Waals surface area contributed by atoms with Crippen molar-refractivity contribution in [2.45, 2.75) is 38.5 Å². The van der Waals surface area contributed by atoms with E-state index in [4.69, 9.17) is 4.74 Å². The van der Waals surface area contributed by atoms with E-state index in [1.807, 2.05) is 36.4 Å². The van der Waals surface area contributed by atoms with Gasteiger partial charge in [-0.2, -0.15) is 0 Å². The number of anilines is 1. The van der Waals surface area contributed by atoms with Crippen LogP contribution in [0.5, 0.6) is 5.75 Å². The van der Waals surface area contributed by atoms with Crippen molar-refractivity contribution in [3.63, 3.8) is 0 Å². The second kappa shape index (κ2) is 7.58. The van der Waals surface area contributed by atoms with Crippen molar-refractivity contribution in [1.29, 1.82) is 0 Å². The molecule has 4 nitrogen and oxygen atoms in total. The molecule has 1 heterocycles. The number of carbonyl (C=O) groups is 2. The Morgan fingerprint density at radius 2 is 1.36 bits per heavy atom. The third kappa shape index (κ3) is 2.83. The Morgan fingerprint density at radius 3 is 1.97 bits per heavy atom. The fourth-order valence-electron chi connectivity index (χ4n) is 6.16. The monoisotopic (exact) mass is 437 g/mol. The zero-order valence-corrected chi connectivity index (χ0v) is 19.0. The van der Waals surface area contributed by atoms with E-state index < -0.39 is 0 Å². The highest BCUT2D eigenvalue weighted by Crippen LogP contribution is 2.61. The van der Waals surface area contributed by atoms with Crippen LogP contribution >= 0.6 is 0 Å². The van der Waals surface area contributed by atoms with E-state index in [-0.39, 0.29) is 35.5 Å². The Balaban J connectivity index is 1.45. The summed E-state index contributed by atoms with van der Waals surface area (Å²) in [5.41, 5.74) is 6.74. The van der Waals surface area contributed by atoms with Gasteiger partial charge in [0.25, 0.3) is 0 Å². The molecular weight excluding hydrogens is 410 g/mol. The molecule has 3 aromatic rings. The Labute approximate surface area is 194 Å². The number of nitrogens with zero attached hydrogens (tertiary/aromatic N) is 1. The van der Waals surface area contributed by atoms with Gasteiger partial charge in [0.15, 0.2) is 0 Å². The van der Waals surface area contributed by atoms with Crippen LogP contribution in [-0.4, -0.2) is 18.4 Å². The van der Waals surface area contributed by atoms with Crippen molar-refractivity contribution in [3.8, 4) is 5.75 Å². The van der Waals surface area contributed by atoms with E-state index in [9.17, 15) is 9.59 Å². The van der Waals surface area contributed by atoms with Gasteiger partial charge < -0.3 is 4.74 Å². The molecule has 0 unspecified atom stereocenters. The van der Waals surface area contributed by atoms with Gasteiger partial charge in [-0.3, -0.25) is 9.59 Å². The molecule has 1 saturated heterocycles. The SMILES string of the molecule is CCCOc1ccc(N2C(=O)[C@H]3[C@@H]4c5ccccc5[C@H](c5cc(CC)ccc54)[C@@H]3C2=O)cc1. The standard InChI is InChI=1S/C29H27NO3/c1-3-15-33-19-12-10-18(11-13-19)30-28(31)26-24-20-7-5-6-8-21(20)25(27(26)29(30)32)23-16-17(4-2)9-14-22(23)24/h5-14,16,24-27H,3-4,15H2,1-2H3/t24-,25-,26+,27+/m1/s1. The van der Waals surface area contributed by atoms with Crippen molar-refractivity contribution in [3.05, 3.63) is 94.5 Å². The van der Waals surface area contributed by atoms with E-state index in [0.29, 0.717) is 12.3 Å². The number of carbonyl (C=O) groups excluding carboxylic acids is 2. The van der Waals surface area contributed by atoms with E-state index in [2.05, 4.69) is 44.2 Å². The second-order valence-electron chi connectivity index (χ2n) is 9.31. The normalized spacial score (nSPS) is 24.5. The Kier molecular flexibility index (Phi) is 4.65. The molecule has 3 aromatic carbocycles. The van der Waals surface area contributed by atoms with Gasteiger partial charge in [-0.15, -0.1) is 0 Å². The van der Waals surface area contributed by atoms with Gasteiger partial charge in [0.2, 0.25) is 11.8 Å². The summed E-state index contributed by atoms with van der Waals surface area (Å²) in [6, 6.07) is 22.4. The van der Waals surface area contributed by atoms with Crippen LogP contribution in [0.25, 0.3) is 0 Å². The summed E-state index contributed by atoms with van der Waals surface area (Å²) in [5, 5.41) is 0. The fourth-order valence-corrected chi connectivity index (χ4v) is 6.16. The molecule has 4 aliphatic rings. The van der Waals surface area contributed by atoms with E-state index in [1.54, 1.807) is 0 Å². The van der Waals surface area contributed by atoms with Crippen LogP contribution in [0, 0.1) is 11.8 Å². The van der Waals surface area contributed by atoms with Gasteiger partial charge in [-0.1, -0.05) is 56.3 Å². The fraction of sp³-hybridized carbons (Fsp3) is 0.310. The summed E-state index contributed by atoms with van der Waals surface area (Å²) in [4.78, 5) is 29.1. The molecule has 1 aliphatic heterocycles. The van der Waals surface area contributed by atoms with Crippen LogP contribution in [0.15, 0.2) is 66.7 Å². The van der Waals surface area contributed by atoms with E-state index >= 15 is 0 Å². The minimum atomic E-state index is -0.354. The Morgan fingerprint density at radius 1 is 0.758 bits per heavy atom. The number of rotatable bonds is 5. The highest BCUT2D eigenvalue weighted by Gasteiger charge is 2.61. The lowest BCUT2D eigenvalue weighted by Gasteiger charge is -2.46. The highest BCUT2D eigenvalue weighted by atomic mass is 16.5. The molecule has 0 spiro atoms. The van der Waals surface area contributed by atoms with Gasteiger partial charge in [-0.05, 0) is 64.9 Å². The minimum Gasteiger partial charge on any atom is -0.494 e. The molecule has 2 amide bonds. The molecule has 0 aromatic heterocycles. The maximum Gasteiger partial charge on any atom is 0.238 e. The zero-order valence-electron chi connectivity index (χ0n) is 19.0. The van der Waals surface area contributed by atoms with Gasteiger partial charge >= 0.3 is 0 Å². The van der Waals surface area contributed by atoms with Crippen LogP contribution in [0.2, 0.25) is 0 Å². The van der Waals surface area contributed by atoms with Crippen LogP contribution < -0.4 is 9.64 Å². The lowest BCUT2D eigenvalue weighted by atomic mass is 9.55. The van der Waals surface area contributed by atoms with Crippen LogP contribution in [0.1, 0.15) is 59.9 Å². The lowest BCUT2D eigenvalue weighted by molar-refractivity contribution is -0.122. The lowest BCUT2D eigenvalue weighted by Crippen LogP contribution is -2.41. The summed E-state index contributed by atoms with van der Waals surface area (Å²) >= 11 is 0. The number of hydrogen-bond acceptors (Lipinski definition) is 3. The van der Waals surface area contributed by atoms with Crippen molar-refractivity contribution in [1.82, 2.24) is 0 Å². The molecule has 33 heavy (non-hydrogen) atoms. The molecule has 4 heteroatoms. The molecule has 7 rings (SSSR count). The van der Waals surface area contributed by atoms with Crippen LogP contribution in [0.3, 0.4) is 0 Å². The molecule has 1 fully saturated rings. The minimum absolute atomic E-state index is 0.0775. The third-order valence-corrected chi connectivity index (χ3v) is 7.58. The first-order valence-electron chi connectivity index (χ1n) is 12.0. The summed E-state index contributed by atoms with van der Waals surface area (Å²) in [6.07, 6.45) is 1.88. The summed E-state index contributed by atoms with van der Waals surface area (Å²) in [5.74, 6) is -0.270. The molecule has 0 saturated carbocycles. The molecular formula is C29H27NO3. The largest absolute Gasteiger partial charge is 0.494 e. The van der Waals surface area contributed by atoms with Crippen LogP contribution in [-0.2, 0) is 16.0 Å². The molecule has 166 valence electrons. The predicted octanol–water partition coefficient (Wildman–Crippen LogP) is 5.43. The molecule has 3 aliphatic carbocycles. The van der Waals surface area contributed by atoms with Gasteiger partial charge in [0.1, 0.15) is 5.75 Å². The Hall–Kier alpha value is -3.40. The summed E-state index contributed by atoms with van der Waals surface area (Å²) in [6.45, 7) is 4.86. The first-order valence-corrected chi connectivity index (χ1v) is 12.0. The molecule has 0 radical (unpaired) electrons. The summed E-state index contributed by atoms with van der Waals surface area (Å²) in [7, 11) is 0. The van der Waals surface area contributed by atoms with Crippen molar-refractivity contribution in [2.75, 3.05) is 11.5 Å². The van der Waals surface area contributed by atoms with Gasteiger partial charge in [0, 0.05) is 11.8 Å². The maximum atomic E-state index is 13.8. The molecule has 4 atom stereocenters. The van der Waals surface area contributed by atoms with Crippen molar-refractivity contribution < 1.29 is 14.3 Å². The number of aryl methyl sites for hydroxylation is 1. The molecule has 0 N–H and O–H groups in total. The quantitative estimate of drug-likeness (QED) is 0.500. The van der Waals surface area contributed by atoms with E-state index in [0.717, 1.165) is 18.6 Å². The van der Waals surface area contributed by atoms with Crippen molar-refractivity contribution in [2.24, 2.45) is 11.8 Å². The van der Waals surface area contributed by atoms with Crippen LogP contribution in [0.4, 0.5) is 5.69 Å². The number of hydrogen-bond donors (Lipinski definition) is 0. The predicted molar refractivity (Wildman–Crippen MR) is 128 cm³/mol. The first kappa shape index (κ1) is 20.2. The topological polar surface area (TPSA) is 46.6 Å². The molecule has 2 bridgehead atoms. The number of amides is 2. The zero-order chi connectivity index (χ0) is 22.7. The first-order chi connectivity index (χ1) is 16.1. The maximum absolute atomic E-state index is 13.8. The summed E-state index contributed by atoms with van der Waals surface area (Å²) < 4.78 is 5.68. The van der Waals surface area contributed by atoms with Gasteiger partial charge in [0.05, 0.1) is 24.1 Å². The van der Waals surface area contributed by atoms with Crippen molar-refractivity contribution >= 4 is 17.5 Å². The van der Waals surface area contributed by atoms with Gasteiger partial charge in [-0.25, -0.2) is 4.90 Å². The third-order valence-electron chi connectivity index (χ3n) is 7.58. The second-order valence-corrected chi connectivity index (χ2v) is 9.31. The highest BCUT2D eigenvalue weighted by molar-refractivity contribution is 6.23.